The topological polar surface area (TPSA) is 78.9 Å². The van der Waals surface area contributed by atoms with Crippen LogP contribution in [0.3, 0.4) is 0 Å². The van der Waals surface area contributed by atoms with E-state index in [1.807, 2.05) is 72.9 Å². The third-order valence-electron chi connectivity index (χ3n) is 11.0. The Labute approximate surface area is 400 Å². The smallest absolute Gasteiger partial charge is 0.306 e. The average Bonchev–Trinajstić information content (AvgIpc) is 3.30. The van der Waals surface area contributed by atoms with E-state index in [0.717, 1.165) is 83.5 Å². The van der Waals surface area contributed by atoms with Crippen LogP contribution in [0.1, 0.15) is 226 Å². The second-order valence-corrected chi connectivity index (χ2v) is 17.2. The Morgan fingerprint density at radius 1 is 0.338 bits per heavy atom. The Morgan fingerprint density at radius 2 is 0.677 bits per heavy atom. The number of unbranched alkanes of at least 4 members (excludes halogenated alkanes) is 23. The third kappa shape index (κ3) is 50.9. The fourth-order valence-electron chi connectivity index (χ4n) is 7.05. The van der Waals surface area contributed by atoms with Crippen LogP contribution in [0.4, 0.5) is 0 Å². The minimum absolute atomic E-state index is 0.111. The molecule has 0 amide bonds. The molecular formula is C59H96O6. The van der Waals surface area contributed by atoms with Crippen molar-refractivity contribution in [2.45, 2.75) is 232 Å². The van der Waals surface area contributed by atoms with Crippen molar-refractivity contribution in [3.8, 4) is 0 Å². The van der Waals surface area contributed by atoms with Crippen molar-refractivity contribution in [2.75, 3.05) is 13.2 Å². The minimum atomic E-state index is -0.809. The van der Waals surface area contributed by atoms with E-state index < -0.39 is 6.10 Å². The lowest BCUT2D eigenvalue weighted by Crippen LogP contribution is -2.30. The van der Waals surface area contributed by atoms with Gasteiger partial charge in [-0.1, -0.05) is 252 Å². The zero-order chi connectivity index (χ0) is 47.2. The molecule has 0 aliphatic heterocycles. The second kappa shape index (κ2) is 52.7. The summed E-state index contributed by atoms with van der Waals surface area (Å²) >= 11 is 0. The number of esters is 3. The molecule has 1 atom stereocenters. The third-order valence-corrected chi connectivity index (χ3v) is 11.0. The van der Waals surface area contributed by atoms with Gasteiger partial charge >= 0.3 is 17.9 Å². The van der Waals surface area contributed by atoms with E-state index in [0.29, 0.717) is 19.3 Å². The Bertz CT molecular complexity index is 1360. The van der Waals surface area contributed by atoms with Crippen molar-refractivity contribution < 1.29 is 28.6 Å². The predicted molar refractivity (Wildman–Crippen MR) is 279 cm³/mol. The molecule has 0 aromatic rings. The van der Waals surface area contributed by atoms with Crippen molar-refractivity contribution in [3.63, 3.8) is 0 Å². The lowest BCUT2D eigenvalue weighted by molar-refractivity contribution is -0.167. The van der Waals surface area contributed by atoms with Gasteiger partial charge in [-0.2, -0.15) is 0 Å². The molecule has 6 heteroatoms. The summed E-state index contributed by atoms with van der Waals surface area (Å²) in [7, 11) is 0. The molecule has 0 bridgehead atoms. The summed E-state index contributed by atoms with van der Waals surface area (Å²) in [5, 5.41) is 0. The highest BCUT2D eigenvalue weighted by molar-refractivity contribution is 5.71. The molecule has 6 nitrogen and oxygen atoms in total. The van der Waals surface area contributed by atoms with Gasteiger partial charge in [0.1, 0.15) is 13.2 Å². The standard InChI is InChI=1S/C59H96O6/c1-4-7-10-13-16-19-21-23-25-27-29-31-33-35-37-40-43-46-49-52-58(61)64-55-56(54-63-57(60)51-48-45-42-39-18-15-12-9-6-3)65-59(62)53-50-47-44-41-38-36-34-32-30-28-26-24-22-20-17-14-11-8-5-2/h7,9-10,12-13,16,18-19,21,23,25,27,29,31,33,35,37,39,56H,4-6,8,11,14-15,17,20,22,24,26,28,30,32,34,36,38,40-55H2,1-3H3/b10-7-,12-9-,16-13-,21-19-,25-23-,29-27+,33-31-,37-35-,39-18-. The first-order valence-electron chi connectivity index (χ1n) is 26.5. The lowest BCUT2D eigenvalue weighted by atomic mass is 10.0. The summed E-state index contributed by atoms with van der Waals surface area (Å²) in [5.41, 5.74) is 0. The van der Waals surface area contributed by atoms with Crippen molar-refractivity contribution in [1.82, 2.24) is 0 Å². The van der Waals surface area contributed by atoms with Gasteiger partial charge in [0.05, 0.1) is 0 Å². The molecule has 0 aromatic carbocycles. The fourth-order valence-corrected chi connectivity index (χ4v) is 7.05. The molecule has 0 radical (unpaired) electrons. The zero-order valence-electron chi connectivity index (χ0n) is 42.0. The molecule has 0 aliphatic carbocycles. The number of carbonyl (C=O) groups is 3. The van der Waals surface area contributed by atoms with Crippen molar-refractivity contribution in [2.24, 2.45) is 0 Å². The Morgan fingerprint density at radius 3 is 1.14 bits per heavy atom. The maximum Gasteiger partial charge on any atom is 0.306 e. The Hall–Kier alpha value is -3.93. The van der Waals surface area contributed by atoms with Crippen LogP contribution in [0.25, 0.3) is 0 Å². The Kier molecular flexibility index (Phi) is 49.5. The van der Waals surface area contributed by atoms with Crippen LogP contribution in [0.5, 0.6) is 0 Å². The molecule has 0 spiro atoms. The molecule has 0 aliphatic rings. The van der Waals surface area contributed by atoms with Crippen LogP contribution in [0, 0.1) is 0 Å². The number of ether oxygens (including phenoxy) is 3. The number of allylic oxidation sites excluding steroid dienone is 18. The van der Waals surface area contributed by atoms with Crippen LogP contribution in [0.2, 0.25) is 0 Å². The largest absolute Gasteiger partial charge is 0.462 e. The van der Waals surface area contributed by atoms with Gasteiger partial charge in [-0.25, -0.2) is 0 Å². The molecule has 65 heavy (non-hydrogen) atoms. The highest BCUT2D eigenvalue weighted by atomic mass is 16.6. The molecule has 0 saturated heterocycles. The van der Waals surface area contributed by atoms with Gasteiger partial charge in [-0.05, 0) is 64.2 Å². The molecule has 0 N–H and O–H groups in total. The van der Waals surface area contributed by atoms with Crippen LogP contribution in [0.15, 0.2) is 109 Å². The molecule has 0 rings (SSSR count). The van der Waals surface area contributed by atoms with Crippen molar-refractivity contribution >= 4 is 17.9 Å². The average molecular weight is 901 g/mol. The quantitative estimate of drug-likeness (QED) is 0.0199. The summed E-state index contributed by atoms with van der Waals surface area (Å²) in [6, 6.07) is 0. The molecule has 0 aromatic heterocycles. The van der Waals surface area contributed by atoms with E-state index in [4.69, 9.17) is 14.2 Å². The zero-order valence-corrected chi connectivity index (χ0v) is 42.0. The molecule has 0 fully saturated rings. The SMILES string of the molecule is CC\C=C/C=C\C=C/C=C\C=C\C=C/C=C\CCCCCC(=O)OCC(COC(=O)CCCC/C=C\C/C=C\CC)OC(=O)CCCCCCCCCCCCCCCCCCCCC. The van der Waals surface area contributed by atoms with Gasteiger partial charge in [-0.3, -0.25) is 14.4 Å². The Balaban J connectivity index is 4.42. The maximum absolute atomic E-state index is 12.8. The van der Waals surface area contributed by atoms with Crippen molar-refractivity contribution in [3.05, 3.63) is 109 Å². The summed E-state index contributed by atoms with van der Waals surface area (Å²) in [6.45, 7) is 6.30. The second-order valence-electron chi connectivity index (χ2n) is 17.2. The number of rotatable bonds is 46. The summed E-state index contributed by atoms with van der Waals surface area (Å²) in [6.07, 6.45) is 70.9. The maximum atomic E-state index is 12.8. The monoisotopic (exact) mass is 901 g/mol. The van der Waals surface area contributed by atoms with Crippen LogP contribution in [-0.4, -0.2) is 37.2 Å². The van der Waals surface area contributed by atoms with Gasteiger partial charge in [-0.15, -0.1) is 0 Å². The first-order chi connectivity index (χ1) is 32.0. The number of carbonyl (C=O) groups excluding carboxylic acids is 3. The summed E-state index contributed by atoms with van der Waals surface area (Å²) < 4.78 is 16.7. The van der Waals surface area contributed by atoms with Crippen LogP contribution < -0.4 is 0 Å². The first-order valence-corrected chi connectivity index (χ1v) is 26.5. The molecule has 368 valence electrons. The van der Waals surface area contributed by atoms with Crippen LogP contribution in [-0.2, 0) is 28.6 Å². The predicted octanol–water partition coefficient (Wildman–Crippen LogP) is 17.5. The van der Waals surface area contributed by atoms with Gasteiger partial charge in [0.15, 0.2) is 6.10 Å². The first kappa shape index (κ1) is 61.1. The van der Waals surface area contributed by atoms with Gasteiger partial charge < -0.3 is 14.2 Å². The molecule has 0 saturated carbocycles. The lowest BCUT2D eigenvalue weighted by Gasteiger charge is -2.18. The van der Waals surface area contributed by atoms with Crippen LogP contribution >= 0.6 is 0 Å². The van der Waals surface area contributed by atoms with E-state index >= 15 is 0 Å². The molecule has 0 heterocycles. The number of hydrogen-bond acceptors (Lipinski definition) is 6. The van der Waals surface area contributed by atoms with Gasteiger partial charge in [0.2, 0.25) is 0 Å². The molecule has 1 unspecified atom stereocenters. The summed E-state index contributed by atoms with van der Waals surface area (Å²) in [4.78, 5) is 37.9. The van der Waals surface area contributed by atoms with E-state index in [1.54, 1.807) is 0 Å². The van der Waals surface area contributed by atoms with Crippen molar-refractivity contribution in [1.29, 1.82) is 0 Å². The van der Waals surface area contributed by atoms with Gasteiger partial charge in [0, 0.05) is 19.3 Å². The fraction of sp³-hybridized carbons (Fsp3) is 0.644. The normalized spacial score (nSPS) is 13.0. The van der Waals surface area contributed by atoms with E-state index in [1.165, 1.54) is 103 Å². The molecular weight excluding hydrogens is 805 g/mol. The highest BCUT2D eigenvalue weighted by Crippen LogP contribution is 2.16. The van der Waals surface area contributed by atoms with E-state index in [-0.39, 0.29) is 31.1 Å². The summed E-state index contributed by atoms with van der Waals surface area (Å²) in [5.74, 6) is -0.991. The van der Waals surface area contributed by atoms with E-state index in [2.05, 4.69) is 57.2 Å². The minimum Gasteiger partial charge on any atom is -0.462 e. The highest BCUT2D eigenvalue weighted by Gasteiger charge is 2.19. The van der Waals surface area contributed by atoms with E-state index in [9.17, 15) is 14.4 Å². The van der Waals surface area contributed by atoms with Gasteiger partial charge in [0.25, 0.3) is 0 Å². The number of hydrogen-bond donors (Lipinski definition) is 0.